The first-order valence-corrected chi connectivity index (χ1v) is 24.3. The summed E-state index contributed by atoms with van der Waals surface area (Å²) < 4.78 is 45.6. The molecule has 1 amide bonds. The summed E-state index contributed by atoms with van der Waals surface area (Å²) >= 11 is 0. The van der Waals surface area contributed by atoms with Crippen LogP contribution in [0.1, 0.15) is 83.5 Å². The summed E-state index contributed by atoms with van der Waals surface area (Å²) in [7, 11) is 0. The lowest BCUT2D eigenvalue weighted by Gasteiger charge is -2.41. The number of aryl methyl sites for hydroxylation is 1. The minimum atomic E-state index is -1.29. The predicted octanol–water partition coefficient (Wildman–Crippen LogP) is 6.94. The number of piperidine rings is 1. The number of ether oxygens (including phenoxy) is 1. The van der Waals surface area contributed by atoms with E-state index < -0.39 is 11.5 Å². The van der Waals surface area contributed by atoms with Crippen LogP contribution in [0.2, 0.25) is 0 Å². The van der Waals surface area contributed by atoms with E-state index in [-0.39, 0.29) is 53.4 Å². The minimum absolute atomic E-state index is 0.0352. The number of rotatable bonds is 13. The Hall–Kier alpha value is -5.19. The maximum Gasteiger partial charge on any atom is 0.319 e. The molecule has 0 aliphatic carbocycles. The molecule has 16 heteroatoms. The van der Waals surface area contributed by atoms with Gasteiger partial charge in [0.05, 0.1) is 5.39 Å². The quantitative estimate of drug-likeness (QED) is 0.126. The molecule has 10 rings (SSSR count). The molecule has 4 unspecified atom stereocenters. The Morgan fingerprint density at radius 3 is 2.47 bits per heavy atom. The number of hydrogen-bond donors (Lipinski definition) is 2. The third-order valence-corrected chi connectivity index (χ3v) is 15.0. The number of phenolic OH excluding ortho intramolecular Hbond substituents is 1. The molecule has 4 atom stereocenters. The maximum absolute atomic E-state index is 17.0. The molecule has 8 heterocycles. The summed E-state index contributed by atoms with van der Waals surface area (Å²) in [6, 6.07) is 12.1. The number of amides is 1. The van der Waals surface area contributed by atoms with Crippen molar-refractivity contribution in [3.63, 3.8) is 0 Å². The molecule has 2 bridgehead atoms. The zero-order valence-corrected chi connectivity index (χ0v) is 38.8. The highest BCUT2D eigenvalue weighted by molar-refractivity contribution is 6.01. The van der Waals surface area contributed by atoms with Gasteiger partial charge in [-0.25, -0.2) is 8.78 Å². The number of anilines is 2. The van der Waals surface area contributed by atoms with E-state index >= 15 is 8.78 Å². The van der Waals surface area contributed by atoms with Crippen molar-refractivity contribution < 1.29 is 27.9 Å². The molecule has 0 spiro atoms. The van der Waals surface area contributed by atoms with Crippen molar-refractivity contribution in [2.45, 2.75) is 102 Å². The van der Waals surface area contributed by atoms with Crippen molar-refractivity contribution in [1.82, 2.24) is 40.1 Å². The van der Waals surface area contributed by atoms with Gasteiger partial charge in [0.1, 0.15) is 41.0 Å². The van der Waals surface area contributed by atoms with Crippen molar-refractivity contribution in [2.24, 2.45) is 5.92 Å². The number of piperazine rings is 2. The van der Waals surface area contributed by atoms with Gasteiger partial charge in [0, 0.05) is 108 Å². The van der Waals surface area contributed by atoms with E-state index in [4.69, 9.17) is 14.2 Å². The number of carbonyl (C=O) groups excluding carboxylic acids is 1. The van der Waals surface area contributed by atoms with Gasteiger partial charge in [-0.2, -0.15) is 9.97 Å². The monoisotopic (exact) mass is 907 g/mol. The first kappa shape index (κ1) is 44.6. The number of likely N-dealkylation sites (tertiary alicyclic amines) is 2. The van der Waals surface area contributed by atoms with Crippen LogP contribution in [0.5, 0.6) is 11.8 Å². The van der Waals surface area contributed by atoms with E-state index in [2.05, 4.69) is 67.7 Å². The first-order chi connectivity index (χ1) is 31.9. The fraction of sp³-hybridized carbons (Fsp3) is 0.580. The number of pyridine rings is 1. The van der Waals surface area contributed by atoms with Crippen LogP contribution in [-0.4, -0.2) is 148 Å². The van der Waals surface area contributed by atoms with Crippen LogP contribution in [0.15, 0.2) is 47.1 Å². The second kappa shape index (κ2) is 18.5. The second-order valence-corrected chi connectivity index (χ2v) is 19.9. The van der Waals surface area contributed by atoms with Crippen LogP contribution in [0.4, 0.5) is 20.4 Å². The molecule has 14 nitrogen and oxygen atoms in total. The van der Waals surface area contributed by atoms with Gasteiger partial charge in [-0.1, -0.05) is 44.1 Å². The lowest BCUT2D eigenvalue weighted by molar-refractivity contribution is -0.134. The Kier molecular flexibility index (Phi) is 12.5. The molecule has 5 aromatic rings. The highest BCUT2D eigenvalue weighted by atomic mass is 19.1. The molecule has 3 aromatic heterocycles. The maximum atomic E-state index is 17.0. The normalized spacial score (nSPS) is 23.1. The first-order valence-electron chi connectivity index (χ1n) is 24.3. The second-order valence-electron chi connectivity index (χ2n) is 19.9. The molecule has 0 radical (unpaired) electrons. The largest absolute Gasteiger partial charge is 0.508 e. The van der Waals surface area contributed by atoms with Gasteiger partial charge in [-0.15, -0.1) is 0 Å². The number of alkyl halides is 1. The van der Waals surface area contributed by atoms with E-state index in [1.807, 2.05) is 29.2 Å². The van der Waals surface area contributed by atoms with Crippen LogP contribution in [-0.2, 0) is 11.2 Å². The number of benzene rings is 2. The highest BCUT2D eigenvalue weighted by Crippen LogP contribution is 2.40. The summed E-state index contributed by atoms with van der Waals surface area (Å²) in [5.74, 6) is 1.25. The fourth-order valence-corrected chi connectivity index (χ4v) is 11.3. The topological polar surface area (TPSA) is 139 Å². The van der Waals surface area contributed by atoms with E-state index in [0.29, 0.717) is 99.8 Å². The molecule has 5 fully saturated rings. The van der Waals surface area contributed by atoms with Gasteiger partial charge in [0.25, 0.3) is 0 Å². The number of phenols is 1. The van der Waals surface area contributed by atoms with Gasteiger partial charge in [0.2, 0.25) is 5.91 Å². The number of nitrogens with zero attached hydrogens (tertiary/aromatic N) is 9. The number of aromatic hydroxyl groups is 1. The standard InChI is InChI=1S/C50H64F2N10O4/c1-5-33-9-6-10-34-24-37(63)25-38(43(33)34)45-44(51)46-39(27-53-45)47(61-28-35-11-12-36(29-61)54-35)56-49(55-46)65-23-22-58-16-13-50(52,14-17-58)30-59-18-20-60(21-19-59)41-26-40(66-57-41)42(31(2)3)48(64)62-15-7-8-32(62)4/h6,9-10,24-27,31-32,35-36,42,54,63H,5,7-8,11-23,28-30H2,1-4H3. The zero-order valence-electron chi connectivity index (χ0n) is 38.8. The van der Waals surface area contributed by atoms with Crippen LogP contribution in [0, 0.1) is 11.7 Å². The lowest BCUT2D eigenvalue weighted by Crippen LogP contribution is -2.53. The SMILES string of the molecule is CCc1cccc2cc(O)cc(-c3ncc4c(N5CC6CCC(C5)N6)nc(OCCN5CCC(F)(CN6CCN(c7cc(C(C(=O)N8CCCC8C)C(C)C)on7)CC6)CC5)nc4c3F)c12. The highest BCUT2D eigenvalue weighted by Gasteiger charge is 2.39. The van der Waals surface area contributed by atoms with Crippen molar-refractivity contribution in [2.75, 3.05) is 88.4 Å². The van der Waals surface area contributed by atoms with E-state index in [9.17, 15) is 9.90 Å². The fourth-order valence-electron chi connectivity index (χ4n) is 11.3. The number of nitrogens with one attached hydrogen (secondary N) is 1. The average molecular weight is 907 g/mol. The summed E-state index contributed by atoms with van der Waals surface area (Å²) in [5.41, 5.74) is 0.496. The van der Waals surface area contributed by atoms with E-state index in [1.165, 1.54) is 0 Å². The third kappa shape index (κ3) is 8.88. The van der Waals surface area contributed by atoms with Gasteiger partial charge in [0.15, 0.2) is 17.4 Å². The molecule has 5 aliphatic rings. The molecule has 5 aliphatic heterocycles. The number of aromatic nitrogens is 4. The van der Waals surface area contributed by atoms with Crippen molar-refractivity contribution in [3.8, 4) is 23.0 Å². The van der Waals surface area contributed by atoms with Crippen LogP contribution in [0.25, 0.3) is 32.9 Å². The lowest BCUT2D eigenvalue weighted by atomic mass is 9.91. The van der Waals surface area contributed by atoms with Crippen LogP contribution < -0.4 is 19.9 Å². The Labute approximate surface area is 385 Å². The van der Waals surface area contributed by atoms with Crippen molar-refractivity contribution in [3.05, 3.63) is 59.7 Å². The van der Waals surface area contributed by atoms with E-state index in [0.717, 1.165) is 73.9 Å². The molecule has 5 saturated heterocycles. The Morgan fingerprint density at radius 2 is 1.76 bits per heavy atom. The molecular weight excluding hydrogens is 843 g/mol. The Bertz CT molecular complexity index is 2550. The smallest absolute Gasteiger partial charge is 0.319 e. The third-order valence-electron chi connectivity index (χ3n) is 15.0. The Morgan fingerprint density at radius 1 is 0.985 bits per heavy atom. The summed E-state index contributed by atoms with van der Waals surface area (Å²) in [6.45, 7) is 15.8. The van der Waals surface area contributed by atoms with Crippen LogP contribution >= 0.6 is 0 Å². The molecule has 2 aromatic carbocycles. The molecule has 66 heavy (non-hydrogen) atoms. The average Bonchev–Trinajstić information content (AvgIpc) is 4.06. The molecular formula is C50H64F2N10O4. The minimum Gasteiger partial charge on any atom is -0.508 e. The number of halogens is 2. The van der Waals surface area contributed by atoms with Crippen LogP contribution in [0.3, 0.4) is 0 Å². The van der Waals surface area contributed by atoms with Crippen molar-refractivity contribution >= 4 is 39.2 Å². The van der Waals surface area contributed by atoms with Crippen molar-refractivity contribution in [1.29, 1.82) is 0 Å². The predicted molar refractivity (Wildman–Crippen MR) is 252 cm³/mol. The molecule has 352 valence electrons. The summed E-state index contributed by atoms with van der Waals surface area (Å²) in [6.07, 6.45) is 7.46. The molecule has 0 saturated carbocycles. The van der Waals surface area contributed by atoms with Gasteiger partial charge in [-0.05, 0) is 86.3 Å². The van der Waals surface area contributed by atoms with E-state index in [1.54, 1.807) is 18.3 Å². The van der Waals surface area contributed by atoms with Gasteiger partial charge in [-0.3, -0.25) is 19.6 Å². The summed E-state index contributed by atoms with van der Waals surface area (Å²) in [5, 5.41) is 21.0. The number of fused-ring (bicyclic) bond motifs is 4. The zero-order chi connectivity index (χ0) is 45.7. The summed E-state index contributed by atoms with van der Waals surface area (Å²) in [4.78, 5) is 38.6. The van der Waals surface area contributed by atoms with Gasteiger partial charge < -0.3 is 34.4 Å². The van der Waals surface area contributed by atoms with Gasteiger partial charge >= 0.3 is 6.01 Å². The number of carbonyl (C=O) groups is 1. The molecule has 2 N–H and O–H groups in total. The number of hydrogen-bond acceptors (Lipinski definition) is 13. The Balaban J connectivity index is 0.773.